The average molecular weight is 437 g/mol. The molecule has 0 saturated carbocycles. The topological polar surface area (TPSA) is 46.6 Å². The van der Waals surface area contributed by atoms with Crippen molar-refractivity contribution in [1.29, 1.82) is 0 Å². The second-order valence-corrected chi connectivity index (χ2v) is 7.80. The molecule has 1 saturated heterocycles. The molecule has 1 fully saturated rings. The first-order chi connectivity index (χ1) is 15.0. The van der Waals surface area contributed by atoms with E-state index in [1.54, 1.807) is 66.7 Å². The first kappa shape index (κ1) is 20.8. The van der Waals surface area contributed by atoms with Crippen molar-refractivity contribution in [1.82, 2.24) is 4.90 Å². The zero-order chi connectivity index (χ0) is 21.8. The van der Waals surface area contributed by atoms with E-state index in [0.717, 1.165) is 16.7 Å². The van der Waals surface area contributed by atoms with Crippen LogP contribution in [0.2, 0.25) is 0 Å². The minimum Gasteiger partial charge on any atom is -0.489 e. The average Bonchev–Trinajstić information content (AvgIpc) is 3.03. The molecule has 0 unspecified atom stereocenters. The molecule has 4 nitrogen and oxygen atoms in total. The Labute approximate surface area is 182 Å². The Hall–Kier alpha value is -3.45. The maximum absolute atomic E-state index is 13.9. The molecule has 0 N–H and O–H groups in total. The Morgan fingerprint density at radius 2 is 1.45 bits per heavy atom. The second kappa shape index (κ2) is 9.14. The van der Waals surface area contributed by atoms with Crippen molar-refractivity contribution in [3.63, 3.8) is 0 Å². The Kier molecular flexibility index (Phi) is 6.13. The third kappa shape index (κ3) is 4.83. The standard InChI is InChI=1S/C24H17F2NO3S/c25-20-7-3-1-5-17(20)14-27-23(28)22(31-24(27)29)13-16-9-11-19(12-10-16)30-15-18-6-2-4-8-21(18)26/h1-13H,14-15H2/b22-13+. The number of amides is 2. The molecule has 0 bridgehead atoms. The minimum atomic E-state index is -0.462. The number of hydrogen-bond donors (Lipinski definition) is 0. The summed E-state index contributed by atoms with van der Waals surface area (Å²) in [5, 5.41) is -0.440. The maximum Gasteiger partial charge on any atom is 0.293 e. The van der Waals surface area contributed by atoms with Gasteiger partial charge in [-0.05, 0) is 47.7 Å². The number of nitrogens with zero attached hydrogens (tertiary/aromatic N) is 1. The smallest absolute Gasteiger partial charge is 0.293 e. The molecule has 3 aromatic rings. The summed E-state index contributed by atoms with van der Waals surface area (Å²) in [7, 11) is 0. The predicted octanol–water partition coefficient (Wildman–Crippen LogP) is 5.78. The summed E-state index contributed by atoms with van der Waals surface area (Å²) in [5.41, 5.74) is 1.44. The molecule has 31 heavy (non-hydrogen) atoms. The molecule has 1 aliphatic rings. The van der Waals surface area contributed by atoms with Crippen LogP contribution in [0.5, 0.6) is 5.75 Å². The van der Waals surface area contributed by atoms with Crippen molar-refractivity contribution in [2.45, 2.75) is 13.2 Å². The van der Waals surface area contributed by atoms with Gasteiger partial charge < -0.3 is 4.74 Å². The maximum atomic E-state index is 13.9. The number of carbonyl (C=O) groups is 2. The van der Waals surface area contributed by atoms with E-state index in [4.69, 9.17) is 4.74 Å². The number of carbonyl (C=O) groups excluding carboxylic acids is 2. The molecular formula is C24H17F2NO3S. The Morgan fingerprint density at radius 3 is 2.10 bits per heavy atom. The van der Waals surface area contributed by atoms with Crippen molar-refractivity contribution < 1.29 is 23.1 Å². The summed E-state index contributed by atoms with van der Waals surface area (Å²) in [6.07, 6.45) is 1.60. The monoisotopic (exact) mass is 437 g/mol. The van der Waals surface area contributed by atoms with E-state index in [9.17, 15) is 18.4 Å². The predicted molar refractivity (Wildman–Crippen MR) is 115 cm³/mol. The van der Waals surface area contributed by atoms with Crippen LogP contribution >= 0.6 is 11.8 Å². The van der Waals surface area contributed by atoms with Gasteiger partial charge in [0, 0.05) is 11.1 Å². The SMILES string of the molecule is O=C1S/C(=C/c2ccc(OCc3ccccc3F)cc2)C(=O)N1Cc1ccccc1F. The van der Waals surface area contributed by atoms with Gasteiger partial charge in [-0.25, -0.2) is 8.78 Å². The van der Waals surface area contributed by atoms with Gasteiger partial charge in [-0.15, -0.1) is 0 Å². The largest absolute Gasteiger partial charge is 0.489 e. The van der Waals surface area contributed by atoms with Gasteiger partial charge in [-0.3, -0.25) is 14.5 Å². The lowest BCUT2D eigenvalue weighted by molar-refractivity contribution is -0.123. The van der Waals surface area contributed by atoms with E-state index in [1.165, 1.54) is 12.1 Å². The summed E-state index contributed by atoms with van der Waals surface area (Å²) in [6, 6.07) is 19.3. The quantitative estimate of drug-likeness (QED) is 0.459. The normalized spacial score (nSPS) is 15.0. The van der Waals surface area contributed by atoms with Gasteiger partial charge in [0.05, 0.1) is 11.4 Å². The highest BCUT2D eigenvalue weighted by atomic mass is 32.2. The zero-order valence-corrected chi connectivity index (χ0v) is 17.1. The fourth-order valence-corrected chi connectivity index (χ4v) is 3.86. The van der Waals surface area contributed by atoms with Crippen molar-refractivity contribution >= 4 is 29.0 Å². The van der Waals surface area contributed by atoms with Crippen LogP contribution in [0.25, 0.3) is 6.08 Å². The van der Waals surface area contributed by atoms with E-state index in [1.807, 2.05) is 0 Å². The van der Waals surface area contributed by atoms with Crippen LogP contribution in [-0.4, -0.2) is 16.0 Å². The highest BCUT2D eigenvalue weighted by Gasteiger charge is 2.35. The van der Waals surface area contributed by atoms with Crippen molar-refractivity contribution in [3.8, 4) is 5.75 Å². The van der Waals surface area contributed by atoms with Crippen LogP contribution in [-0.2, 0) is 17.9 Å². The van der Waals surface area contributed by atoms with Crippen molar-refractivity contribution in [2.75, 3.05) is 0 Å². The number of thioether (sulfide) groups is 1. The van der Waals surface area contributed by atoms with E-state index >= 15 is 0 Å². The third-order valence-electron chi connectivity index (χ3n) is 4.69. The fraction of sp³-hybridized carbons (Fsp3) is 0.0833. The summed E-state index contributed by atoms with van der Waals surface area (Å²) < 4.78 is 33.1. The van der Waals surface area contributed by atoms with Gasteiger partial charge in [0.15, 0.2) is 0 Å². The molecule has 0 aromatic heterocycles. The molecule has 0 atom stereocenters. The van der Waals surface area contributed by atoms with Crippen molar-refractivity contribution in [3.05, 3.63) is 106 Å². The molecule has 7 heteroatoms. The Balaban J connectivity index is 1.42. The number of imide groups is 1. The van der Waals surface area contributed by atoms with Gasteiger partial charge in [-0.2, -0.15) is 0 Å². The summed E-state index contributed by atoms with van der Waals surface area (Å²) in [4.78, 5) is 26.2. The number of ether oxygens (including phenoxy) is 1. The van der Waals surface area contributed by atoms with Crippen molar-refractivity contribution in [2.24, 2.45) is 0 Å². The minimum absolute atomic E-state index is 0.0982. The Morgan fingerprint density at radius 1 is 0.839 bits per heavy atom. The molecule has 156 valence electrons. The number of halogens is 2. The lowest BCUT2D eigenvalue weighted by atomic mass is 10.2. The van der Waals surface area contributed by atoms with Gasteiger partial charge in [0.1, 0.15) is 24.0 Å². The number of hydrogen-bond acceptors (Lipinski definition) is 4. The molecule has 4 rings (SSSR count). The van der Waals surface area contributed by atoms with Crippen LogP contribution in [0.1, 0.15) is 16.7 Å². The van der Waals surface area contributed by atoms with Crippen LogP contribution in [0, 0.1) is 11.6 Å². The Bertz CT molecular complexity index is 1160. The summed E-state index contributed by atoms with van der Waals surface area (Å²) >= 11 is 0.818. The molecule has 0 radical (unpaired) electrons. The molecule has 2 amide bonds. The molecule has 3 aromatic carbocycles. The van der Waals surface area contributed by atoms with Crippen LogP contribution < -0.4 is 4.74 Å². The van der Waals surface area contributed by atoms with Gasteiger partial charge in [-0.1, -0.05) is 48.5 Å². The number of rotatable bonds is 6. The lowest BCUT2D eigenvalue weighted by Crippen LogP contribution is -2.27. The first-order valence-corrected chi connectivity index (χ1v) is 10.3. The van der Waals surface area contributed by atoms with Gasteiger partial charge in [0.25, 0.3) is 11.1 Å². The second-order valence-electron chi connectivity index (χ2n) is 6.81. The first-order valence-electron chi connectivity index (χ1n) is 9.46. The van der Waals surface area contributed by atoms with E-state index in [-0.39, 0.29) is 29.4 Å². The van der Waals surface area contributed by atoms with Crippen LogP contribution in [0.15, 0.2) is 77.7 Å². The molecular weight excluding hydrogens is 420 g/mol. The molecule has 1 heterocycles. The van der Waals surface area contributed by atoms with Gasteiger partial charge >= 0.3 is 0 Å². The van der Waals surface area contributed by atoms with Crippen LogP contribution in [0.4, 0.5) is 13.6 Å². The van der Waals surface area contributed by atoms with E-state index < -0.39 is 17.0 Å². The molecule has 0 spiro atoms. The fourth-order valence-electron chi connectivity index (χ4n) is 3.02. The van der Waals surface area contributed by atoms with Crippen LogP contribution in [0.3, 0.4) is 0 Å². The zero-order valence-electron chi connectivity index (χ0n) is 16.3. The highest BCUT2D eigenvalue weighted by Crippen LogP contribution is 2.33. The summed E-state index contributed by atoms with van der Waals surface area (Å²) in [6.45, 7) is -0.0154. The van der Waals surface area contributed by atoms with E-state index in [0.29, 0.717) is 16.9 Å². The summed E-state index contributed by atoms with van der Waals surface area (Å²) in [5.74, 6) is -0.701. The lowest BCUT2D eigenvalue weighted by Gasteiger charge is -2.12. The highest BCUT2D eigenvalue weighted by molar-refractivity contribution is 8.18. The number of benzene rings is 3. The molecule has 1 aliphatic heterocycles. The van der Waals surface area contributed by atoms with Gasteiger partial charge in [0.2, 0.25) is 0 Å². The third-order valence-corrected chi connectivity index (χ3v) is 5.60. The molecule has 0 aliphatic carbocycles. The van der Waals surface area contributed by atoms with E-state index in [2.05, 4.69) is 0 Å².